The predicted octanol–water partition coefficient (Wildman–Crippen LogP) is 4.41. The molecule has 0 spiro atoms. The highest BCUT2D eigenvalue weighted by atomic mass is 127. The molecule has 2 aromatic carbocycles. The fraction of sp³-hybridized carbons (Fsp3) is 0.0714. The molecule has 0 heterocycles. The predicted molar refractivity (Wildman–Crippen MR) is 90.0 cm³/mol. The van der Waals surface area contributed by atoms with Crippen molar-refractivity contribution in [3.05, 3.63) is 66.2 Å². The normalized spacial score (nSPS) is 10.2. The molecule has 2 rings (SSSR count). The number of halogens is 2. The molecular formula is C14H10ClIN2O3. The number of benzene rings is 2. The highest BCUT2D eigenvalue weighted by Gasteiger charge is 2.17. The summed E-state index contributed by atoms with van der Waals surface area (Å²) in [7, 11) is 0. The van der Waals surface area contributed by atoms with Gasteiger partial charge in [0.2, 0.25) is 0 Å². The molecule has 0 atom stereocenters. The van der Waals surface area contributed by atoms with E-state index in [-0.39, 0.29) is 16.6 Å². The maximum Gasteiger partial charge on any atom is 0.288 e. The summed E-state index contributed by atoms with van der Waals surface area (Å²) in [5, 5.41) is 13.5. The van der Waals surface area contributed by atoms with E-state index in [0.717, 1.165) is 3.57 Å². The van der Waals surface area contributed by atoms with E-state index in [1.54, 1.807) is 19.1 Å². The van der Waals surface area contributed by atoms with Crippen LogP contribution in [0, 0.1) is 20.6 Å². The molecule has 0 radical (unpaired) electrons. The molecule has 2 aromatic rings. The Morgan fingerprint density at radius 1 is 1.33 bits per heavy atom. The lowest BCUT2D eigenvalue weighted by atomic mass is 10.1. The van der Waals surface area contributed by atoms with E-state index in [1.165, 1.54) is 12.1 Å². The van der Waals surface area contributed by atoms with Crippen LogP contribution >= 0.6 is 34.2 Å². The first-order valence-electron chi connectivity index (χ1n) is 5.90. The van der Waals surface area contributed by atoms with Crippen molar-refractivity contribution < 1.29 is 9.72 Å². The number of nitro groups is 1. The number of hydrogen-bond donors (Lipinski definition) is 1. The Labute approximate surface area is 139 Å². The molecule has 5 nitrogen and oxygen atoms in total. The number of carbonyl (C=O) groups is 1. The van der Waals surface area contributed by atoms with Crippen LogP contribution in [0.5, 0.6) is 0 Å². The van der Waals surface area contributed by atoms with E-state index in [1.807, 2.05) is 12.1 Å². The lowest BCUT2D eigenvalue weighted by molar-refractivity contribution is -0.384. The Balaban J connectivity index is 2.32. The zero-order chi connectivity index (χ0) is 15.6. The number of nitrogens with zero attached hydrogens (tertiary/aromatic N) is 1. The van der Waals surface area contributed by atoms with Gasteiger partial charge in [-0.3, -0.25) is 14.9 Å². The number of nitro benzene ring substituents is 1. The summed E-state index contributed by atoms with van der Waals surface area (Å²) in [4.78, 5) is 22.5. The SMILES string of the molecule is Cc1cc([N+](=O)[O-])c(Cl)cc1NC(=O)c1ccccc1I. The quantitative estimate of drug-likeness (QED) is 0.457. The van der Waals surface area contributed by atoms with Gasteiger partial charge in [0.1, 0.15) is 5.02 Å². The Morgan fingerprint density at radius 2 is 2.00 bits per heavy atom. The van der Waals surface area contributed by atoms with Crippen LogP contribution < -0.4 is 5.32 Å². The standard InChI is InChI=1S/C14H10ClIN2O3/c1-8-6-13(18(20)21)10(15)7-12(8)17-14(19)9-4-2-3-5-11(9)16/h2-7H,1H3,(H,17,19). The van der Waals surface area contributed by atoms with Crippen molar-refractivity contribution in [3.8, 4) is 0 Å². The van der Waals surface area contributed by atoms with Crippen LogP contribution in [-0.2, 0) is 0 Å². The Bertz CT molecular complexity index is 734. The molecule has 0 saturated carbocycles. The van der Waals surface area contributed by atoms with Crippen molar-refractivity contribution in [1.29, 1.82) is 0 Å². The molecule has 0 aromatic heterocycles. The largest absolute Gasteiger partial charge is 0.322 e. The van der Waals surface area contributed by atoms with Gasteiger partial charge in [-0.2, -0.15) is 0 Å². The smallest absolute Gasteiger partial charge is 0.288 e. The molecule has 0 aliphatic heterocycles. The summed E-state index contributed by atoms with van der Waals surface area (Å²) < 4.78 is 0.818. The lowest BCUT2D eigenvalue weighted by Gasteiger charge is -2.10. The van der Waals surface area contributed by atoms with Crippen molar-refractivity contribution in [2.75, 3.05) is 5.32 Å². The third-order valence-corrected chi connectivity index (χ3v) is 4.10. The molecule has 1 N–H and O–H groups in total. The first-order valence-corrected chi connectivity index (χ1v) is 7.36. The second kappa shape index (κ2) is 6.40. The van der Waals surface area contributed by atoms with Gasteiger partial charge in [0.05, 0.1) is 10.5 Å². The van der Waals surface area contributed by atoms with Crippen LogP contribution in [-0.4, -0.2) is 10.8 Å². The van der Waals surface area contributed by atoms with E-state index in [0.29, 0.717) is 16.8 Å². The van der Waals surface area contributed by atoms with E-state index >= 15 is 0 Å². The first-order chi connectivity index (χ1) is 9.90. The van der Waals surface area contributed by atoms with Crippen LogP contribution in [0.25, 0.3) is 0 Å². The van der Waals surface area contributed by atoms with Crippen LogP contribution in [0.4, 0.5) is 11.4 Å². The van der Waals surface area contributed by atoms with E-state index in [9.17, 15) is 14.9 Å². The monoisotopic (exact) mass is 416 g/mol. The van der Waals surface area contributed by atoms with Gasteiger partial charge in [0, 0.05) is 15.3 Å². The second-order valence-corrected chi connectivity index (χ2v) is 5.88. The number of hydrogen-bond acceptors (Lipinski definition) is 3. The third kappa shape index (κ3) is 3.51. The number of carbonyl (C=O) groups excluding carboxylic acids is 1. The summed E-state index contributed by atoms with van der Waals surface area (Å²) in [6.07, 6.45) is 0. The minimum Gasteiger partial charge on any atom is -0.322 e. The number of aryl methyl sites for hydroxylation is 1. The number of rotatable bonds is 3. The van der Waals surface area contributed by atoms with Crippen LogP contribution in [0.1, 0.15) is 15.9 Å². The fourth-order valence-corrected chi connectivity index (χ4v) is 2.64. The first kappa shape index (κ1) is 15.7. The summed E-state index contributed by atoms with van der Waals surface area (Å²) in [6.45, 7) is 1.68. The van der Waals surface area contributed by atoms with Gasteiger partial charge in [-0.05, 0) is 53.3 Å². The van der Waals surface area contributed by atoms with E-state index < -0.39 is 4.92 Å². The van der Waals surface area contributed by atoms with Gasteiger partial charge < -0.3 is 5.32 Å². The number of anilines is 1. The fourth-order valence-electron chi connectivity index (χ4n) is 1.78. The van der Waals surface area contributed by atoms with Crippen molar-refractivity contribution in [2.24, 2.45) is 0 Å². The Kier molecular flexibility index (Phi) is 4.79. The third-order valence-electron chi connectivity index (χ3n) is 2.86. The molecule has 21 heavy (non-hydrogen) atoms. The minimum absolute atomic E-state index is 0.0105. The molecule has 0 saturated heterocycles. The summed E-state index contributed by atoms with van der Waals surface area (Å²) in [6, 6.07) is 9.88. The molecule has 0 fully saturated rings. The van der Waals surface area contributed by atoms with Crippen molar-refractivity contribution in [1.82, 2.24) is 0 Å². The van der Waals surface area contributed by atoms with Gasteiger partial charge in [-0.25, -0.2) is 0 Å². The average molecular weight is 417 g/mol. The van der Waals surface area contributed by atoms with Gasteiger partial charge in [0.25, 0.3) is 11.6 Å². The van der Waals surface area contributed by atoms with E-state index in [4.69, 9.17) is 11.6 Å². The molecule has 7 heteroatoms. The van der Waals surface area contributed by atoms with Crippen molar-refractivity contribution >= 4 is 51.5 Å². The minimum atomic E-state index is -0.554. The van der Waals surface area contributed by atoms with Gasteiger partial charge >= 0.3 is 0 Å². The highest BCUT2D eigenvalue weighted by molar-refractivity contribution is 14.1. The zero-order valence-electron chi connectivity index (χ0n) is 10.9. The average Bonchev–Trinajstić information content (AvgIpc) is 2.42. The second-order valence-electron chi connectivity index (χ2n) is 4.31. The van der Waals surface area contributed by atoms with Crippen LogP contribution in [0.3, 0.4) is 0 Å². The number of nitrogens with one attached hydrogen (secondary N) is 1. The van der Waals surface area contributed by atoms with Crippen molar-refractivity contribution in [3.63, 3.8) is 0 Å². The molecule has 0 bridgehead atoms. The maximum atomic E-state index is 12.2. The van der Waals surface area contributed by atoms with Gasteiger partial charge in [-0.15, -0.1) is 0 Å². The summed E-state index contributed by atoms with van der Waals surface area (Å²) >= 11 is 7.93. The lowest BCUT2D eigenvalue weighted by Crippen LogP contribution is -2.14. The zero-order valence-corrected chi connectivity index (χ0v) is 13.8. The molecule has 0 aliphatic carbocycles. The molecule has 0 aliphatic rings. The van der Waals surface area contributed by atoms with Crippen LogP contribution in [0.15, 0.2) is 36.4 Å². The number of amides is 1. The van der Waals surface area contributed by atoms with Gasteiger partial charge in [-0.1, -0.05) is 23.7 Å². The van der Waals surface area contributed by atoms with Crippen LogP contribution in [0.2, 0.25) is 5.02 Å². The van der Waals surface area contributed by atoms with Gasteiger partial charge in [0.15, 0.2) is 0 Å². The molecule has 108 valence electrons. The summed E-state index contributed by atoms with van der Waals surface area (Å²) in [5.74, 6) is -0.284. The van der Waals surface area contributed by atoms with Crippen molar-refractivity contribution in [2.45, 2.75) is 6.92 Å². The Hall–Kier alpha value is -1.67. The molecule has 0 unspecified atom stereocenters. The van der Waals surface area contributed by atoms with E-state index in [2.05, 4.69) is 27.9 Å². The molecular weight excluding hydrogens is 407 g/mol. The summed E-state index contributed by atoms with van der Waals surface area (Å²) in [5.41, 5.74) is 1.38. The maximum absolute atomic E-state index is 12.2. The Morgan fingerprint density at radius 3 is 2.62 bits per heavy atom. The highest BCUT2D eigenvalue weighted by Crippen LogP contribution is 2.30. The molecule has 1 amide bonds. The topological polar surface area (TPSA) is 72.2 Å².